The van der Waals surface area contributed by atoms with Gasteiger partial charge in [-0.3, -0.25) is 4.79 Å². The molecule has 0 fully saturated rings. The maximum atomic E-state index is 12.1. The smallest absolute Gasteiger partial charge is 0.407 e. The van der Waals surface area contributed by atoms with Crippen molar-refractivity contribution < 1.29 is 29.3 Å². The van der Waals surface area contributed by atoms with E-state index in [9.17, 15) is 19.5 Å². The Kier molecular flexibility index (Phi) is 7.47. The Morgan fingerprint density at radius 2 is 1.66 bits per heavy atom. The molecule has 0 aromatic heterocycles. The Hall–Kier alpha value is -3.83. The lowest BCUT2D eigenvalue weighted by Gasteiger charge is -2.16. The standard InChI is InChI=1S/C24H24N2O6/c1-2-7-21(23(29)30)26-22(28)12-15(27)13-25-24(31)32-14-20-18-10-5-3-8-16(18)17-9-4-6-11-19(17)20/h1,3-6,8-11,15,20-21,27H,7,12-14H2,(H,25,31)(H,26,28)(H,29,30). The number of carboxylic acids is 1. The molecular formula is C24H24N2O6. The van der Waals surface area contributed by atoms with Crippen LogP contribution in [0.5, 0.6) is 0 Å². The molecule has 32 heavy (non-hydrogen) atoms. The van der Waals surface area contributed by atoms with Crippen molar-refractivity contribution in [2.24, 2.45) is 0 Å². The second-order valence-corrected chi connectivity index (χ2v) is 7.43. The van der Waals surface area contributed by atoms with Gasteiger partial charge in [0.2, 0.25) is 5.91 Å². The number of aliphatic carboxylic acids is 1. The number of fused-ring (bicyclic) bond motifs is 3. The van der Waals surface area contributed by atoms with Crippen molar-refractivity contribution in [3.63, 3.8) is 0 Å². The number of benzene rings is 2. The number of carbonyl (C=O) groups excluding carboxylic acids is 2. The number of terminal acetylenes is 1. The first-order valence-electron chi connectivity index (χ1n) is 10.1. The number of aliphatic hydroxyl groups excluding tert-OH is 1. The molecule has 1 aliphatic rings. The fourth-order valence-corrected chi connectivity index (χ4v) is 3.71. The third kappa shape index (κ3) is 5.45. The minimum absolute atomic E-state index is 0.0899. The van der Waals surface area contributed by atoms with Crippen molar-refractivity contribution >= 4 is 18.0 Å². The summed E-state index contributed by atoms with van der Waals surface area (Å²) in [6.07, 6.45) is 2.58. The van der Waals surface area contributed by atoms with Crippen molar-refractivity contribution in [1.29, 1.82) is 0 Å². The van der Waals surface area contributed by atoms with Gasteiger partial charge >= 0.3 is 12.1 Å². The third-order valence-electron chi connectivity index (χ3n) is 5.20. The molecule has 8 nitrogen and oxygen atoms in total. The maximum Gasteiger partial charge on any atom is 0.407 e. The molecule has 0 aliphatic heterocycles. The Morgan fingerprint density at radius 1 is 1.06 bits per heavy atom. The van der Waals surface area contributed by atoms with Crippen LogP contribution in [0.1, 0.15) is 29.9 Å². The number of aliphatic hydroxyl groups is 1. The van der Waals surface area contributed by atoms with Gasteiger partial charge in [0, 0.05) is 18.9 Å². The van der Waals surface area contributed by atoms with Crippen LogP contribution in [0.4, 0.5) is 4.79 Å². The third-order valence-corrected chi connectivity index (χ3v) is 5.20. The zero-order valence-corrected chi connectivity index (χ0v) is 17.3. The van der Waals surface area contributed by atoms with E-state index in [1.807, 2.05) is 48.5 Å². The Bertz CT molecular complexity index is 999. The maximum absolute atomic E-state index is 12.1. The van der Waals surface area contributed by atoms with Gasteiger partial charge in [-0.25, -0.2) is 9.59 Å². The highest BCUT2D eigenvalue weighted by atomic mass is 16.5. The van der Waals surface area contributed by atoms with Crippen LogP contribution >= 0.6 is 0 Å². The molecule has 8 heteroatoms. The van der Waals surface area contributed by atoms with Gasteiger partial charge in [0.1, 0.15) is 12.6 Å². The summed E-state index contributed by atoms with van der Waals surface area (Å²) in [5, 5.41) is 23.6. The minimum atomic E-state index is -1.26. The van der Waals surface area contributed by atoms with Gasteiger partial charge < -0.3 is 25.6 Å². The lowest BCUT2D eigenvalue weighted by atomic mass is 9.98. The Balaban J connectivity index is 1.47. The fourth-order valence-electron chi connectivity index (χ4n) is 3.71. The van der Waals surface area contributed by atoms with E-state index in [0.29, 0.717) is 0 Å². The lowest BCUT2D eigenvalue weighted by molar-refractivity contribution is -0.142. The van der Waals surface area contributed by atoms with Crippen molar-refractivity contribution in [2.75, 3.05) is 13.2 Å². The highest BCUT2D eigenvalue weighted by molar-refractivity contribution is 5.84. The van der Waals surface area contributed by atoms with Crippen LogP contribution in [0.15, 0.2) is 48.5 Å². The number of hydrogen-bond donors (Lipinski definition) is 4. The van der Waals surface area contributed by atoms with Gasteiger partial charge in [0.25, 0.3) is 0 Å². The summed E-state index contributed by atoms with van der Waals surface area (Å²) in [5.41, 5.74) is 4.39. The Labute approximate surface area is 185 Å². The predicted octanol–water partition coefficient (Wildman–Crippen LogP) is 1.87. The molecule has 2 aromatic rings. The van der Waals surface area contributed by atoms with Crippen molar-refractivity contribution in [1.82, 2.24) is 10.6 Å². The molecule has 0 bridgehead atoms. The molecular weight excluding hydrogens is 412 g/mol. The first-order chi connectivity index (χ1) is 15.4. The number of rotatable bonds is 9. The number of ether oxygens (including phenoxy) is 1. The molecule has 2 aromatic carbocycles. The summed E-state index contributed by atoms with van der Waals surface area (Å²) in [6.45, 7) is -0.0974. The highest BCUT2D eigenvalue weighted by Crippen LogP contribution is 2.44. The van der Waals surface area contributed by atoms with Gasteiger partial charge in [-0.1, -0.05) is 48.5 Å². The second-order valence-electron chi connectivity index (χ2n) is 7.43. The van der Waals surface area contributed by atoms with Crippen LogP contribution in [-0.4, -0.2) is 53.5 Å². The number of amides is 2. The zero-order valence-electron chi connectivity index (χ0n) is 17.3. The van der Waals surface area contributed by atoms with Crippen molar-refractivity contribution in [3.05, 3.63) is 59.7 Å². The SMILES string of the molecule is C#CCC(NC(=O)CC(O)CNC(=O)OCC1c2ccccc2-c2ccccc21)C(=O)O. The topological polar surface area (TPSA) is 125 Å². The molecule has 2 unspecified atom stereocenters. The molecule has 2 atom stereocenters. The summed E-state index contributed by atoms with van der Waals surface area (Å²) in [6, 6.07) is 14.7. The van der Waals surface area contributed by atoms with Gasteiger partial charge in [0.05, 0.1) is 12.5 Å². The largest absolute Gasteiger partial charge is 0.480 e. The van der Waals surface area contributed by atoms with E-state index < -0.39 is 36.5 Å². The average molecular weight is 436 g/mol. The minimum Gasteiger partial charge on any atom is -0.480 e. The molecule has 0 saturated carbocycles. The summed E-state index contributed by atoms with van der Waals surface area (Å²) in [7, 11) is 0. The van der Waals surface area contributed by atoms with E-state index in [4.69, 9.17) is 16.3 Å². The van der Waals surface area contributed by atoms with E-state index in [1.54, 1.807) is 0 Å². The quantitative estimate of drug-likeness (QED) is 0.445. The molecule has 166 valence electrons. The van der Waals surface area contributed by atoms with E-state index in [2.05, 4.69) is 16.6 Å². The fraction of sp³-hybridized carbons (Fsp3) is 0.292. The average Bonchev–Trinajstić information content (AvgIpc) is 3.09. The molecule has 2 amide bonds. The van der Waals surface area contributed by atoms with Crippen molar-refractivity contribution in [2.45, 2.75) is 30.9 Å². The summed E-state index contributed by atoms with van der Waals surface area (Å²) < 4.78 is 5.36. The number of nitrogens with one attached hydrogen (secondary N) is 2. The molecule has 0 radical (unpaired) electrons. The summed E-state index contributed by atoms with van der Waals surface area (Å²) in [4.78, 5) is 35.0. The monoisotopic (exact) mass is 436 g/mol. The van der Waals surface area contributed by atoms with E-state index >= 15 is 0 Å². The summed E-state index contributed by atoms with van der Waals surface area (Å²) in [5.74, 6) is 0.129. The lowest BCUT2D eigenvalue weighted by Crippen LogP contribution is -2.43. The van der Waals surface area contributed by atoms with Crippen molar-refractivity contribution in [3.8, 4) is 23.5 Å². The molecule has 4 N–H and O–H groups in total. The molecule has 1 aliphatic carbocycles. The van der Waals surface area contributed by atoms with Gasteiger partial charge in [0.15, 0.2) is 0 Å². The van der Waals surface area contributed by atoms with Gasteiger partial charge in [-0.15, -0.1) is 12.3 Å². The first-order valence-corrected chi connectivity index (χ1v) is 10.1. The zero-order chi connectivity index (χ0) is 23.1. The number of alkyl carbamates (subject to hydrolysis) is 1. The van der Waals surface area contributed by atoms with E-state index in [1.165, 1.54) is 0 Å². The number of hydrogen-bond acceptors (Lipinski definition) is 5. The number of carbonyl (C=O) groups is 3. The van der Waals surface area contributed by atoms with Crippen LogP contribution < -0.4 is 10.6 Å². The van der Waals surface area contributed by atoms with Crippen LogP contribution in [0.3, 0.4) is 0 Å². The molecule has 3 rings (SSSR count). The normalized spacial score (nSPS) is 13.8. The Morgan fingerprint density at radius 3 is 2.22 bits per heavy atom. The second kappa shape index (κ2) is 10.5. The predicted molar refractivity (Wildman–Crippen MR) is 117 cm³/mol. The van der Waals surface area contributed by atoms with Crippen LogP contribution in [0, 0.1) is 12.3 Å². The van der Waals surface area contributed by atoms with Gasteiger partial charge in [-0.2, -0.15) is 0 Å². The number of carboxylic acid groups (broad SMARTS) is 1. The molecule has 0 spiro atoms. The first kappa shape index (κ1) is 22.8. The summed E-state index contributed by atoms with van der Waals surface area (Å²) >= 11 is 0. The van der Waals surface area contributed by atoms with Gasteiger partial charge in [-0.05, 0) is 22.3 Å². The molecule has 0 heterocycles. The molecule has 0 saturated heterocycles. The highest BCUT2D eigenvalue weighted by Gasteiger charge is 2.29. The van der Waals surface area contributed by atoms with E-state index in [0.717, 1.165) is 22.3 Å². The van der Waals surface area contributed by atoms with Crippen LogP contribution in [0.25, 0.3) is 11.1 Å². The van der Waals surface area contributed by atoms with Crippen LogP contribution in [0.2, 0.25) is 0 Å². The van der Waals surface area contributed by atoms with E-state index in [-0.39, 0.29) is 25.5 Å². The van der Waals surface area contributed by atoms with Crippen LogP contribution in [-0.2, 0) is 14.3 Å².